The Morgan fingerprint density at radius 2 is 1.92 bits per heavy atom. The third kappa shape index (κ3) is 2.08. The third-order valence-corrected chi connectivity index (χ3v) is 2.87. The van der Waals surface area contributed by atoms with Gasteiger partial charge < -0.3 is 4.74 Å². The maximum atomic E-state index is 11.2. The van der Waals surface area contributed by atoms with Crippen molar-refractivity contribution in [3.63, 3.8) is 0 Å². The molecule has 0 aromatic heterocycles. The van der Waals surface area contributed by atoms with E-state index >= 15 is 0 Å². The number of esters is 2. The molecule has 1 heterocycles. The van der Waals surface area contributed by atoms with Crippen molar-refractivity contribution in [1.82, 2.24) is 0 Å². The van der Waals surface area contributed by atoms with E-state index < -0.39 is 0 Å². The molecule has 74 valence electrons. The zero-order valence-corrected chi connectivity index (χ0v) is 8.59. The van der Waals surface area contributed by atoms with Crippen LogP contribution in [-0.4, -0.2) is 11.9 Å². The summed E-state index contributed by atoms with van der Waals surface area (Å²) in [6.07, 6.45) is 0.247. The van der Waals surface area contributed by atoms with Crippen LogP contribution in [0.25, 0.3) is 0 Å². The Labute approximate surface area is 78.5 Å². The molecule has 3 heteroatoms. The summed E-state index contributed by atoms with van der Waals surface area (Å²) in [4.78, 5) is 22.1. The van der Waals surface area contributed by atoms with E-state index in [9.17, 15) is 9.59 Å². The summed E-state index contributed by atoms with van der Waals surface area (Å²) in [5.74, 6) is -0.808. The second-order valence-corrected chi connectivity index (χ2v) is 4.76. The maximum absolute atomic E-state index is 11.2. The van der Waals surface area contributed by atoms with Crippen LogP contribution in [0.5, 0.6) is 0 Å². The van der Waals surface area contributed by atoms with Gasteiger partial charge in [0.15, 0.2) is 0 Å². The molecular weight excluding hydrogens is 168 g/mol. The highest BCUT2D eigenvalue weighted by Gasteiger charge is 2.41. The van der Waals surface area contributed by atoms with Crippen LogP contribution >= 0.6 is 0 Å². The molecule has 2 atom stereocenters. The molecule has 0 aliphatic carbocycles. The molecule has 0 radical (unpaired) electrons. The molecule has 1 saturated heterocycles. The van der Waals surface area contributed by atoms with E-state index in [4.69, 9.17) is 0 Å². The number of hydrogen-bond acceptors (Lipinski definition) is 3. The first-order chi connectivity index (χ1) is 5.82. The van der Waals surface area contributed by atoms with Crippen LogP contribution in [-0.2, 0) is 14.3 Å². The van der Waals surface area contributed by atoms with Crippen LogP contribution in [0.3, 0.4) is 0 Å². The molecule has 3 nitrogen and oxygen atoms in total. The van der Waals surface area contributed by atoms with Crippen LogP contribution in [0, 0.1) is 17.3 Å². The SMILES string of the molecule is CC(C1CC(=O)OC1=O)C(C)(C)C. The maximum Gasteiger partial charge on any atom is 0.317 e. The normalized spacial score (nSPS) is 26.0. The predicted octanol–water partition coefficient (Wildman–Crippen LogP) is 1.76. The third-order valence-electron chi connectivity index (χ3n) is 2.87. The molecule has 2 unspecified atom stereocenters. The zero-order valence-electron chi connectivity index (χ0n) is 8.59. The smallest absolute Gasteiger partial charge is 0.317 e. The largest absolute Gasteiger partial charge is 0.393 e. The highest BCUT2D eigenvalue weighted by atomic mass is 16.6. The van der Waals surface area contributed by atoms with Crippen LogP contribution in [0.1, 0.15) is 34.1 Å². The van der Waals surface area contributed by atoms with E-state index in [0.29, 0.717) is 0 Å². The summed E-state index contributed by atoms with van der Waals surface area (Å²) in [6.45, 7) is 8.18. The lowest BCUT2D eigenvalue weighted by Gasteiger charge is -2.29. The molecule has 1 fully saturated rings. The highest BCUT2D eigenvalue weighted by Crippen LogP contribution is 2.36. The van der Waals surface area contributed by atoms with Crippen molar-refractivity contribution < 1.29 is 14.3 Å². The van der Waals surface area contributed by atoms with Gasteiger partial charge in [0.05, 0.1) is 12.3 Å². The molecule has 1 aliphatic rings. The van der Waals surface area contributed by atoms with Gasteiger partial charge in [-0.3, -0.25) is 9.59 Å². The topological polar surface area (TPSA) is 43.4 Å². The minimum atomic E-state index is -0.383. The second kappa shape index (κ2) is 3.13. The number of carbonyl (C=O) groups is 2. The predicted molar refractivity (Wildman–Crippen MR) is 47.8 cm³/mol. The Hall–Kier alpha value is -0.860. The van der Waals surface area contributed by atoms with Gasteiger partial charge in [0.25, 0.3) is 0 Å². The van der Waals surface area contributed by atoms with Crippen molar-refractivity contribution in [2.45, 2.75) is 34.1 Å². The van der Waals surface area contributed by atoms with E-state index in [2.05, 4.69) is 25.5 Å². The van der Waals surface area contributed by atoms with Crippen molar-refractivity contribution in [3.8, 4) is 0 Å². The Morgan fingerprint density at radius 1 is 1.38 bits per heavy atom. The fourth-order valence-corrected chi connectivity index (χ4v) is 1.48. The van der Waals surface area contributed by atoms with Crippen molar-refractivity contribution in [2.75, 3.05) is 0 Å². The quantitative estimate of drug-likeness (QED) is 0.460. The van der Waals surface area contributed by atoms with Crippen LogP contribution in [0.15, 0.2) is 0 Å². The lowest BCUT2D eigenvalue weighted by molar-refractivity contribution is -0.154. The van der Waals surface area contributed by atoms with Gasteiger partial charge in [-0.25, -0.2) is 0 Å². The van der Waals surface area contributed by atoms with Crippen molar-refractivity contribution in [2.24, 2.45) is 17.3 Å². The summed E-state index contributed by atoms with van der Waals surface area (Å²) < 4.78 is 4.51. The molecular formula is C10H16O3. The van der Waals surface area contributed by atoms with Gasteiger partial charge in [-0.2, -0.15) is 0 Å². The molecule has 0 aromatic carbocycles. The lowest BCUT2D eigenvalue weighted by Crippen LogP contribution is -2.28. The Morgan fingerprint density at radius 3 is 2.23 bits per heavy atom. The number of carbonyl (C=O) groups excluding carboxylic acids is 2. The molecule has 0 N–H and O–H groups in total. The van der Waals surface area contributed by atoms with Crippen molar-refractivity contribution >= 4 is 11.9 Å². The Kier molecular flexibility index (Phi) is 2.46. The van der Waals surface area contributed by atoms with Crippen molar-refractivity contribution in [1.29, 1.82) is 0 Å². The molecule has 1 rings (SSSR count). The second-order valence-electron chi connectivity index (χ2n) is 4.76. The van der Waals surface area contributed by atoms with E-state index in [1.54, 1.807) is 0 Å². The summed E-state index contributed by atoms with van der Waals surface area (Å²) in [5.41, 5.74) is 0.0360. The number of rotatable bonds is 1. The van der Waals surface area contributed by atoms with Gasteiger partial charge >= 0.3 is 11.9 Å². The molecule has 0 bridgehead atoms. The molecule has 0 spiro atoms. The van der Waals surface area contributed by atoms with Gasteiger partial charge in [0, 0.05) is 0 Å². The fraction of sp³-hybridized carbons (Fsp3) is 0.800. The van der Waals surface area contributed by atoms with Crippen LogP contribution < -0.4 is 0 Å². The average Bonchev–Trinajstić information content (AvgIpc) is 2.26. The van der Waals surface area contributed by atoms with Crippen LogP contribution in [0.4, 0.5) is 0 Å². The molecule has 0 saturated carbocycles. The zero-order chi connectivity index (χ0) is 10.2. The first-order valence-electron chi connectivity index (χ1n) is 4.57. The summed E-state index contributed by atoms with van der Waals surface area (Å²) in [7, 11) is 0. The first-order valence-corrected chi connectivity index (χ1v) is 4.57. The minimum absolute atomic E-state index is 0.0360. The number of ether oxygens (including phenoxy) is 1. The average molecular weight is 184 g/mol. The Balaban J connectivity index is 2.73. The van der Waals surface area contributed by atoms with E-state index in [0.717, 1.165) is 0 Å². The van der Waals surface area contributed by atoms with Gasteiger partial charge in [-0.05, 0) is 11.3 Å². The van der Waals surface area contributed by atoms with Gasteiger partial charge in [-0.15, -0.1) is 0 Å². The Bertz CT molecular complexity index is 237. The molecule has 0 amide bonds. The van der Waals surface area contributed by atoms with E-state index in [1.165, 1.54) is 0 Å². The first kappa shape index (κ1) is 10.2. The van der Waals surface area contributed by atoms with Gasteiger partial charge in [-0.1, -0.05) is 27.7 Å². The number of hydrogen-bond donors (Lipinski definition) is 0. The van der Waals surface area contributed by atoms with Gasteiger partial charge in [0.1, 0.15) is 0 Å². The summed E-state index contributed by atoms with van der Waals surface area (Å²) in [6, 6.07) is 0. The summed E-state index contributed by atoms with van der Waals surface area (Å²) in [5, 5.41) is 0. The van der Waals surface area contributed by atoms with Crippen LogP contribution in [0.2, 0.25) is 0 Å². The number of cyclic esters (lactones) is 2. The summed E-state index contributed by atoms with van der Waals surface area (Å²) >= 11 is 0. The molecule has 1 aliphatic heterocycles. The molecule has 13 heavy (non-hydrogen) atoms. The van der Waals surface area contributed by atoms with E-state index in [1.807, 2.05) is 6.92 Å². The van der Waals surface area contributed by atoms with Gasteiger partial charge in [0.2, 0.25) is 0 Å². The lowest BCUT2D eigenvalue weighted by atomic mass is 9.74. The minimum Gasteiger partial charge on any atom is -0.393 e. The standard InChI is InChI=1S/C10H16O3/c1-6(10(2,3)4)7-5-8(11)13-9(7)12/h6-7H,5H2,1-4H3. The molecule has 0 aromatic rings. The highest BCUT2D eigenvalue weighted by molar-refractivity contribution is 5.94. The van der Waals surface area contributed by atoms with Crippen molar-refractivity contribution in [3.05, 3.63) is 0 Å². The monoisotopic (exact) mass is 184 g/mol. The fourth-order valence-electron chi connectivity index (χ4n) is 1.48. The van der Waals surface area contributed by atoms with E-state index in [-0.39, 0.29) is 35.6 Å².